The van der Waals surface area contributed by atoms with E-state index >= 15 is 0 Å². The number of anilines is 1. The first-order valence-corrected chi connectivity index (χ1v) is 11.2. The van der Waals surface area contributed by atoms with Crippen LogP contribution in [0.5, 0.6) is 5.75 Å². The number of nitrogens with zero attached hydrogens (tertiary/aromatic N) is 2. The number of benzene rings is 2. The van der Waals surface area contributed by atoms with Crippen LogP contribution in [0, 0.1) is 11.7 Å². The fraction of sp³-hybridized carbons (Fsp3) is 0.435. The van der Waals surface area contributed by atoms with E-state index in [9.17, 15) is 9.18 Å². The van der Waals surface area contributed by atoms with Gasteiger partial charge in [-0.2, -0.15) is 0 Å². The molecule has 2 aliphatic rings. The Kier molecular flexibility index (Phi) is 6.89. The Morgan fingerprint density at radius 2 is 1.84 bits per heavy atom. The molecule has 0 spiro atoms. The highest BCUT2D eigenvalue weighted by Crippen LogP contribution is 2.30. The highest BCUT2D eigenvalue weighted by atomic mass is 35.5. The number of carbonyl (C=O) groups excluding carboxylic acids is 1. The van der Waals surface area contributed by atoms with E-state index in [0.717, 1.165) is 57.0 Å². The summed E-state index contributed by atoms with van der Waals surface area (Å²) in [6.07, 6.45) is 2.21. The molecule has 2 saturated heterocycles. The molecule has 0 amide bonds. The average molecular weight is 467 g/mol. The smallest absolute Gasteiger partial charge is 0.340 e. The quantitative estimate of drug-likeness (QED) is 0.566. The largest absolute Gasteiger partial charge is 0.488 e. The van der Waals surface area contributed by atoms with Crippen LogP contribution in [0.3, 0.4) is 0 Å². The lowest BCUT2D eigenvalue weighted by Gasteiger charge is -2.43. The number of likely N-dealkylation sites (tertiary alicyclic amines) is 1. The molecule has 166 valence electrons. The van der Waals surface area contributed by atoms with E-state index in [1.54, 1.807) is 18.2 Å². The molecule has 2 aliphatic heterocycles. The van der Waals surface area contributed by atoms with Crippen molar-refractivity contribution in [3.8, 4) is 5.75 Å². The van der Waals surface area contributed by atoms with E-state index in [1.165, 1.54) is 19.2 Å². The van der Waals surface area contributed by atoms with Crippen LogP contribution in [0.15, 0.2) is 36.4 Å². The van der Waals surface area contributed by atoms with Crippen molar-refractivity contribution in [2.45, 2.75) is 18.9 Å². The molecule has 2 heterocycles. The zero-order chi connectivity index (χ0) is 22.0. The maximum atomic E-state index is 13.6. The van der Waals surface area contributed by atoms with Gasteiger partial charge in [0.15, 0.2) is 0 Å². The van der Waals surface area contributed by atoms with Crippen LogP contribution in [0.4, 0.5) is 10.1 Å². The van der Waals surface area contributed by atoms with E-state index in [0.29, 0.717) is 16.0 Å². The molecule has 8 heteroatoms. The van der Waals surface area contributed by atoms with Gasteiger partial charge in [0.25, 0.3) is 0 Å². The van der Waals surface area contributed by atoms with E-state index in [4.69, 9.17) is 32.7 Å². The summed E-state index contributed by atoms with van der Waals surface area (Å²) in [6, 6.07) is 9.65. The first-order chi connectivity index (χ1) is 14.9. The molecule has 2 fully saturated rings. The minimum atomic E-state index is -0.509. The van der Waals surface area contributed by atoms with Crippen molar-refractivity contribution in [1.29, 1.82) is 0 Å². The van der Waals surface area contributed by atoms with Gasteiger partial charge in [-0.3, -0.25) is 4.90 Å². The molecule has 0 N–H and O–H groups in total. The van der Waals surface area contributed by atoms with Crippen molar-refractivity contribution in [1.82, 2.24) is 4.90 Å². The number of halogens is 3. The summed E-state index contributed by atoms with van der Waals surface area (Å²) in [5, 5.41) is 1.02. The van der Waals surface area contributed by atoms with Crippen LogP contribution in [0.2, 0.25) is 10.0 Å². The van der Waals surface area contributed by atoms with E-state index < -0.39 is 11.8 Å². The number of hydrogen-bond acceptors (Lipinski definition) is 5. The van der Waals surface area contributed by atoms with Crippen LogP contribution < -0.4 is 9.64 Å². The molecular formula is C23H25Cl2FN2O3. The molecule has 4 rings (SSSR count). The minimum Gasteiger partial charge on any atom is -0.488 e. The standard InChI is InChI=1S/C23H25Cl2FN2O3/c1-30-23(29)19-10-16(26)2-5-22(19)28-8-6-15(7-9-28)12-27-13-18(14-27)31-17-3-4-20(24)21(25)11-17/h2-5,10-11,15,18H,6-9,12-14H2,1H3. The predicted molar refractivity (Wildman–Crippen MR) is 120 cm³/mol. The molecule has 0 atom stereocenters. The van der Waals surface area contributed by atoms with Gasteiger partial charge in [-0.1, -0.05) is 23.2 Å². The molecule has 0 saturated carbocycles. The van der Waals surface area contributed by atoms with E-state index in [1.807, 2.05) is 6.07 Å². The monoisotopic (exact) mass is 466 g/mol. The zero-order valence-electron chi connectivity index (χ0n) is 17.3. The normalized spacial score (nSPS) is 18.0. The molecule has 0 bridgehead atoms. The van der Waals surface area contributed by atoms with Gasteiger partial charge in [0.1, 0.15) is 17.7 Å². The van der Waals surface area contributed by atoms with Gasteiger partial charge in [0.2, 0.25) is 0 Å². The Morgan fingerprint density at radius 1 is 1.10 bits per heavy atom. The van der Waals surface area contributed by atoms with Crippen molar-refractivity contribution in [2.24, 2.45) is 5.92 Å². The molecule has 2 aromatic carbocycles. The summed E-state index contributed by atoms with van der Waals surface area (Å²) in [5.41, 5.74) is 1.02. The van der Waals surface area contributed by atoms with Crippen LogP contribution >= 0.6 is 23.2 Å². The van der Waals surface area contributed by atoms with Gasteiger partial charge in [-0.15, -0.1) is 0 Å². The minimum absolute atomic E-state index is 0.166. The van der Waals surface area contributed by atoms with Crippen LogP contribution in [0.25, 0.3) is 0 Å². The van der Waals surface area contributed by atoms with Gasteiger partial charge in [-0.25, -0.2) is 9.18 Å². The highest BCUT2D eigenvalue weighted by molar-refractivity contribution is 6.42. The molecule has 2 aromatic rings. The molecule has 0 aliphatic carbocycles. The number of piperidine rings is 1. The third-order valence-electron chi connectivity index (χ3n) is 5.95. The Labute approximate surface area is 191 Å². The van der Waals surface area contributed by atoms with E-state index in [2.05, 4.69) is 9.80 Å². The molecule has 0 aromatic heterocycles. The Balaban J connectivity index is 1.24. The number of carbonyl (C=O) groups is 1. The van der Waals surface area contributed by atoms with E-state index in [-0.39, 0.29) is 11.7 Å². The summed E-state index contributed by atoms with van der Waals surface area (Å²) in [5.74, 6) is 0.386. The topological polar surface area (TPSA) is 42.0 Å². The van der Waals surface area contributed by atoms with Gasteiger partial charge in [-0.05, 0) is 49.1 Å². The second-order valence-corrected chi connectivity index (χ2v) is 8.93. The third kappa shape index (κ3) is 5.25. The van der Waals surface area contributed by atoms with Crippen LogP contribution in [-0.4, -0.2) is 56.8 Å². The van der Waals surface area contributed by atoms with Gasteiger partial charge in [0.05, 0.1) is 28.4 Å². The Hall–Kier alpha value is -2.02. The lowest BCUT2D eigenvalue weighted by Crippen LogP contribution is -2.55. The lowest BCUT2D eigenvalue weighted by atomic mass is 9.94. The van der Waals surface area contributed by atoms with Gasteiger partial charge >= 0.3 is 5.97 Å². The molecule has 5 nitrogen and oxygen atoms in total. The summed E-state index contributed by atoms with van der Waals surface area (Å²) in [6.45, 7) is 4.48. The van der Waals surface area contributed by atoms with Gasteiger partial charge < -0.3 is 14.4 Å². The number of ether oxygens (including phenoxy) is 2. The van der Waals surface area contributed by atoms with Crippen molar-refractivity contribution >= 4 is 34.9 Å². The first kappa shape index (κ1) is 22.2. The van der Waals surface area contributed by atoms with Crippen LogP contribution in [-0.2, 0) is 4.74 Å². The van der Waals surface area contributed by atoms with Crippen LogP contribution in [0.1, 0.15) is 23.2 Å². The maximum absolute atomic E-state index is 13.6. The Bertz CT molecular complexity index is 944. The predicted octanol–water partition coefficient (Wildman–Crippen LogP) is 4.90. The molecule has 0 unspecified atom stereocenters. The SMILES string of the molecule is COC(=O)c1cc(F)ccc1N1CCC(CN2CC(Oc3ccc(Cl)c(Cl)c3)C2)CC1. The fourth-order valence-electron chi connectivity index (χ4n) is 4.27. The van der Waals surface area contributed by atoms with Gasteiger partial charge in [0, 0.05) is 38.8 Å². The fourth-order valence-corrected chi connectivity index (χ4v) is 4.56. The average Bonchev–Trinajstić information content (AvgIpc) is 2.74. The second-order valence-electron chi connectivity index (χ2n) is 8.12. The summed E-state index contributed by atoms with van der Waals surface area (Å²) in [7, 11) is 1.31. The maximum Gasteiger partial charge on any atom is 0.340 e. The zero-order valence-corrected chi connectivity index (χ0v) is 18.8. The third-order valence-corrected chi connectivity index (χ3v) is 6.69. The second kappa shape index (κ2) is 9.63. The lowest BCUT2D eigenvalue weighted by molar-refractivity contribution is 0.00796. The highest BCUT2D eigenvalue weighted by Gasteiger charge is 2.32. The molecule has 0 radical (unpaired) electrons. The number of esters is 1. The van der Waals surface area contributed by atoms with Crippen molar-refractivity contribution in [2.75, 3.05) is 44.7 Å². The molecular weight excluding hydrogens is 442 g/mol. The summed E-state index contributed by atoms with van der Waals surface area (Å²) >= 11 is 12.0. The Morgan fingerprint density at radius 3 is 2.52 bits per heavy atom. The number of rotatable bonds is 6. The molecule has 31 heavy (non-hydrogen) atoms. The summed E-state index contributed by atoms with van der Waals surface area (Å²) < 4.78 is 24.4. The number of methoxy groups -OCH3 is 1. The first-order valence-electron chi connectivity index (χ1n) is 10.4. The van der Waals surface area contributed by atoms with Crippen molar-refractivity contribution in [3.63, 3.8) is 0 Å². The van der Waals surface area contributed by atoms with Crippen molar-refractivity contribution in [3.05, 3.63) is 57.8 Å². The number of hydrogen-bond donors (Lipinski definition) is 0. The summed E-state index contributed by atoms with van der Waals surface area (Å²) in [4.78, 5) is 16.6. The van der Waals surface area contributed by atoms with Crippen molar-refractivity contribution < 1.29 is 18.7 Å².